The first-order valence-electron chi connectivity index (χ1n) is 8.46. The van der Waals surface area contributed by atoms with Crippen molar-refractivity contribution in [3.63, 3.8) is 0 Å². The van der Waals surface area contributed by atoms with Gasteiger partial charge < -0.3 is 34.8 Å². The number of aliphatic hydroxyl groups is 4. The lowest BCUT2D eigenvalue weighted by molar-refractivity contribution is -0.305. The average Bonchev–Trinajstić information content (AvgIpc) is 3.02. The molecule has 0 aliphatic carbocycles. The highest BCUT2D eigenvalue weighted by molar-refractivity contribution is 5.92. The number of hydrogen-bond donors (Lipinski definition) is 4. The predicted octanol–water partition coefficient (Wildman–Crippen LogP) is -0.879. The van der Waals surface area contributed by atoms with Crippen molar-refractivity contribution in [3.05, 3.63) is 29.8 Å². The molecule has 8 nitrogen and oxygen atoms in total. The van der Waals surface area contributed by atoms with Gasteiger partial charge in [0.2, 0.25) is 0 Å². The molecule has 136 valence electrons. The zero-order valence-corrected chi connectivity index (χ0v) is 13.6. The summed E-state index contributed by atoms with van der Waals surface area (Å²) in [6.45, 7) is 1.05. The van der Waals surface area contributed by atoms with Crippen molar-refractivity contribution in [2.75, 3.05) is 13.2 Å². The van der Waals surface area contributed by atoms with E-state index < -0.39 is 37.3 Å². The smallest absolute Gasteiger partial charge is 0.187 e. The SMILES string of the molecule is OC[C@H]1O[C@@H](OC2CCN3Cc4ccccc4N=C23)[C@H](O)[C@@H](O)[C@@H]1O. The molecule has 3 aliphatic heterocycles. The van der Waals surface area contributed by atoms with Crippen LogP contribution in [-0.2, 0) is 16.0 Å². The van der Waals surface area contributed by atoms with Crippen LogP contribution in [0.2, 0.25) is 0 Å². The van der Waals surface area contributed by atoms with Gasteiger partial charge >= 0.3 is 0 Å². The maximum atomic E-state index is 10.1. The third kappa shape index (κ3) is 2.95. The molecule has 8 heteroatoms. The number of para-hydroxylation sites is 1. The Morgan fingerprint density at radius 1 is 1.16 bits per heavy atom. The lowest BCUT2D eigenvalue weighted by Crippen LogP contribution is -2.60. The lowest BCUT2D eigenvalue weighted by atomic mass is 9.99. The van der Waals surface area contributed by atoms with Crippen LogP contribution in [0.4, 0.5) is 5.69 Å². The Morgan fingerprint density at radius 2 is 1.96 bits per heavy atom. The van der Waals surface area contributed by atoms with Crippen LogP contribution < -0.4 is 0 Å². The van der Waals surface area contributed by atoms with E-state index in [9.17, 15) is 20.4 Å². The van der Waals surface area contributed by atoms with Crippen LogP contribution in [0, 0.1) is 0 Å². The van der Waals surface area contributed by atoms with Crippen molar-refractivity contribution in [1.29, 1.82) is 0 Å². The van der Waals surface area contributed by atoms with E-state index in [-0.39, 0.29) is 6.10 Å². The van der Waals surface area contributed by atoms with Gasteiger partial charge in [-0.2, -0.15) is 0 Å². The average molecular weight is 350 g/mol. The zero-order valence-electron chi connectivity index (χ0n) is 13.6. The molecule has 0 aromatic heterocycles. The molecule has 1 aromatic carbocycles. The minimum absolute atomic E-state index is 0.380. The Morgan fingerprint density at radius 3 is 2.76 bits per heavy atom. The predicted molar refractivity (Wildman–Crippen MR) is 87.2 cm³/mol. The van der Waals surface area contributed by atoms with E-state index in [0.717, 1.165) is 30.2 Å². The third-order valence-electron chi connectivity index (χ3n) is 5.01. The lowest BCUT2D eigenvalue weighted by Gasteiger charge is -2.40. The maximum absolute atomic E-state index is 10.1. The highest BCUT2D eigenvalue weighted by atomic mass is 16.7. The fraction of sp³-hybridized carbons (Fsp3) is 0.588. The van der Waals surface area contributed by atoms with Gasteiger partial charge in [-0.05, 0) is 18.1 Å². The number of aliphatic hydroxyl groups excluding tert-OH is 4. The van der Waals surface area contributed by atoms with Gasteiger partial charge in [-0.3, -0.25) is 0 Å². The van der Waals surface area contributed by atoms with Gasteiger partial charge in [-0.15, -0.1) is 0 Å². The Kier molecular flexibility index (Phi) is 4.48. The standard InChI is InChI=1S/C17H22N2O6/c20-8-12-13(21)14(22)15(23)17(25-12)24-11-5-6-19-7-9-3-1-2-4-10(9)18-16(11)19/h1-4,11-15,17,20-23H,5-8H2/t11?,12-,13-,14+,15-,17-/m1/s1. The second kappa shape index (κ2) is 6.64. The monoisotopic (exact) mass is 350 g/mol. The van der Waals surface area contributed by atoms with E-state index in [1.165, 1.54) is 0 Å². The summed E-state index contributed by atoms with van der Waals surface area (Å²) in [5.41, 5.74) is 2.05. The molecule has 6 atom stereocenters. The summed E-state index contributed by atoms with van der Waals surface area (Å²) in [4.78, 5) is 6.79. The van der Waals surface area contributed by atoms with Crippen molar-refractivity contribution in [3.8, 4) is 0 Å². The van der Waals surface area contributed by atoms with E-state index in [0.29, 0.717) is 6.42 Å². The van der Waals surface area contributed by atoms with Gasteiger partial charge in [0.25, 0.3) is 0 Å². The molecule has 0 amide bonds. The van der Waals surface area contributed by atoms with Gasteiger partial charge in [-0.1, -0.05) is 18.2 Å². The largest absolute Gasteiger partial charge is 0.394 e. The molecule has 25 heavy (non-hydrogen) atoms. The molecule has 0 spiro atoms. The first-order chi connectivity index (χ1) is 12.1. The Balaban J connectivity index is 1.52. The summed E-state index contributed by atoms with van der Waals surface area (Å²) in [6.07, 6.45) is -6.04. The summed E-state index contributed by atoms with van der Waals surface area (Å²) in [7, 11) is 0. The molecule has 2 fully saturated rings. The molecule has 1 aromatic rings. The van der Waals surface area contributed by atoms with E-state index in [1.807, 2.05) is 24.3 Å². The number of ether oxygens (including phenoxy) is 2. The molecule has 2 saturated heterocycles. The Labute approximate surface area is 144 Å². The fourth-order valence-electron chi connectivity index (χ4n) is 3.58. The maximum Gasteiger partial charge on any atom is 0.187 e. The van der Waals surface area contributed by atoms with Crippen molar-refractivity contribution in [2.45, 2.75) is 49.8 Å². The second-order valence-corrected chi connectivity index (χ2v) is 6.63. The van der Waals surface area contributed by atoms with E-state index in [4.69, 9.17) is 9.47 Å². The number of nitrogens with zero attached hydrogens (tertiary/aromatic N) is 2. The first kappa shape index (κ1) is 16.9. The van der Waals surface area contributed by atoms with Crippen LogP contribution in [0.25, 0.3) is 0 Å². The fourth-order valence-corrected chi connectivity index (χ4v) is 3.58. The number of fused-ring (bicyclic) bond motifs is 2. The molecular weight excluding hydrogens is 328 g/mol. The van der Waals surface area contributed by atoms with Gasteiger partial charge in [-0.25, -0.2) is 4.99 Å². The van der Waals surface area contributed by atoms with E-state index in [1.54, 1.807) is 0 Å². The molecule has 1 unspecified atom stereocenters. The van der Waals surface area contributed by atoms with Gasteiger partial charge in [0.1, 0.15) is 36.4 Å². The third-order valence-corrected chi connectivity index (χ3v) is 5.01. The number of aliphatic imine (C=N–C) groups is 1. The van der Waals surface area contributed by atoms with Crippen molar-refractivity contribution in [2.24, 2.45) is 4.99 Å². The Bertz CT molecular complexity index is 666. The first-order valence-corrected chi connectivity index (χ1v) is 8.46. The van der Waals surface area contributed by atoms with Crippen LogP contribution in [0.3, 0.4) is 0 Å². The molecule has 0 radical (unpaired) electrons. The minimum Gasteiger partial charge on any atom is -0.394 e. The number of benzene rings is 1. The Hall–Kier alpha value is -1.55. The molecule has 4 N–H and O–H groups in total. The van der Waals surface area contributed by atoms with Crippen LogP contribution in [0.1, 0.15) is 12.0 Å². The number of rotatable bonds is 3. The highest BCUT2D eigenvalue weighted by Crippen LogP contribution is 2.32. The highest BCUT2D eigenvalue weighted by Gasteiger charge is 2.46. The van der Waals surface area contributed by atoms with Gasteiger partial charge in [0.05, 0.1) is 12.3 Å². The van der Waals surface area contributed by atoms with E-state index >= 15 is 0 Å². The summed E-state index contributed by atoms with van der Waals surface area (Å²) in [6, 6.07) is 7.91. The number of hydrogen-bond acceptors (Lipinski definition) is 8. The number of amidine groups is 1. The molecular formula is C17H22N2O6. The summed E-state index contributed by atoms with van der Waals surface area (Å²) in [5, 5.41) is 39.2. The molecule has 4 rings (SSSR count). The molecule has 0 saturated carbocycles. The van der Waals surface area contributed by atoms with Crippen molar-refractivity contribution in [1.82, 2.24) is 4.90 Å². The summed E-state index contributed by atoms with van der Waals surface area (Å²) in [5.74, 6) is 0.774. The topological polar surface area (TPSA) is 115 Å². The van der Waals surface area contributed by atoms with Crippen LogP contribution >= 0.6 is 0 Å². The van der Waals surface area contributed by atoms with Crippen LogP contribution in [0.5, 0.6) is 0 Å². The van der Waals surface area contributed by atoms with Crippen LogP contribution in [-0.4, -0.2) is 81.1 Å². The van der Waals surface area contributed by atoms with Gasteiger partial charge in [0, 0.05) is 13.1 Å². The zero-order chi connectivity index (χ0) is 17.6. The molecule has 3 heterocycles. The molecule has 3 aliphatic rings. The summed E-state index contributed by atoms with van der Waals surface area (Å²) < 4.78 is 11.3. The quantitative estimate of drug-likeness (QED) is 0.560. The van der Waals surface area contributed by atoms with Crippen LogP contribution in [0.15, 0.2) is 29.3 Å². The second-order valence-electron chi connectivity index (χ2n) is 6.63. The van der Waals surface area contributed by atoms with Crippen molar-refractivity contribution < 1.29 is 29.9 Å². The minimum atomic E-state index is -1.44. The van der Waals surface area contributed by atoms with Crippen molar-refractivity contribution >= 4 is 11.5 Å². The van der Waals surface area contributed by atoms with Gasteiger partial charge in [0.15, 0.2) is 6.29 Å². The normalized spacial score (nSPS) is 37.4. The molecule has 0 bridgehead atoms. The van der Waals surface area contributed by atoms with E-state index in [2.05, 4.69) is 9.89 Å². The summed E-state index contributed by atoms with van der Waals surface area (Å²) >= 11 is 0.